The molecular formula is C23H40N4. The van der Waals surface area contributed by atoms with Gasteiger partial charge in [0.15, 0.2) is 6.19 Å². The van der Waals surface area contributed by atoms with Gasteiger partial charge in [-0.1, -0.05) is 44.7 Å². The largest absolute Gasteiger partial charge is 0.386 e. The van der Waals surface area contributed by atoms with E-state index in [1.807, 2.05) is 6.19 Å². The van der Waals surface area contributed by atoms with Crippen LogP contribution in [-0.4, -0.2) is 38.1 Å². The lowest BCUT2D eigenvalue weighted by Gasteiger charge is -2.22. The predicted molar refractivity (Wildman–Crippen MR) is 118 cm³/mol. The number of hydrogen-bond acceptors (Lipinski definition) is 4. The minimum absolute atomic E-state index is 0. The summed E-state index contributed by atoms with van der Waals surface area (Å²) in [5.74, 6) is 1.50. The van der Waals surface area contributed by atoms with Crippen molar-refractivity contribution < 1.29 is 2.85 Å². The summed E-state index contributed by atoms with van der Waals surface area (Å²) in [5.41, 5.74) is 3.95. The van der Waals surface area contributed by atoms with Crippen molar-refractivity contribution in [3.8, 4) is 6.19 Å². The molecule has 1 saturated carbocycles. The van der Waals surface area contributed by atoms with Crippen molar-refractivity contribution in [3.63, 3.8) is 0 Å². The second-order valence-corrected chi connectivity index (χ2v) is 8.30. The molecule has 0 saturated heterocycles. The highest BCUT2D eigenvalue weighted by molar-refractivity contribution is 5.29. The van der Waals surface area contributed by atoms with Crippen LogP contribution in [0, 0.1) is 17.4 Å². The Morgan fingerprint density at radius 3 is 2.63 bits per heavy atom. The zero-order valence-corrected chi connectivity index (χ0v) is 17.5. The van der Waals surface area contributed by atoms with Crippen LogP contribution in [0.25, 0.3) is 0 Å². The molecule has 27 heavy (non-hydrogen) atoms. The molecule has 152 valence electrons. The van der Waals surface area contributed by atoms with Crippen molar-refractivity contribution in [1.82, 2.24) is 15.5 Å². The van der Waals surface area contributed by atoms with E-state index in [1.54, 1.807) is 0 Å². The molecule has 1 aliphatic rings. The molecule has 2 rings (SSSR count). The third-order valence-electron chi connectivity index (χ3n) is 5.86. The van der Waals surface area contributed by atoms with Gasteiger partial charge in [0.05, 0.1) is 0 Å². The summed E-state index contributed by atoms with van der Waals surface area (Å²) in [6.45, 7) is 10.3. The highest BCUT2D eigenvalue weighted by atomic mass is 15.1. The average Bonchev–Trinajstić information content (AvgIpc) is 3.12. The molecule has 0 spiro atoms. The van der Waals surface area contributed by atoms with Gasteiger partial charge in [0.25, 0.3) is 0 Å². The molecule has 4 nitrogen and oxygen atoms in total. The lowest BCUT2D eigenvalue weighted by molar-refractivity contribution is 0.368. The first-order chi connectivity index (χ1) is 12.9. The van der Waals surface area contributed by atoms with Crippen LogP contribution in [0.3, 0.4) is 0 Å². The number of nitrogens with zero attached hydrogens (tertiary/aromatic N) is 2. The highest BCUT2D eigenvalue weighted by Crippen LogP contribution is 2.35. The van der Waals surface area contributed by atoms with Crippen molar-refractivity contribution in [2.75, 3.05) is 27.2 Å². The Morgan fingerprint density at radius 1 is 1.33 bits per heavy atom. The molecule has 4 atom stereocenters. The zero-order valence-electron chi connectivity index (χ0n) is 17.5. The van der Waals surface area contributed by atoms with Gasteiger partial charge in [0.2, 0.25) is 0 Å². The second kappa shape index (κ2) is 10.4. The summed E-state index contributed by atoms with van der Waals surface area (Å²) in [7, 11) is 4.29. The molecule has 1 aromatic rings. The third kappa shape index (κ3) is 6.29. The van der Waals surface area contributed by atoms with Crippen molar-refractivity contribution in [3.05, 3.63) is 47.7 Å². The Hall–Kier alpha value is -1.99. The van der Waals surface area contributed by atoms with Gasteiger partial charge >= 0.3 is 0 Å². The van der Waals surface area contributed by atoms with Crippen LogP contribution < -0.4 is 10.6 Å². The van der Waals surface area contributed by atoms with Gasteiger partial charge in [-0.2, -0.15) is 5.26 Å². The molecule has 0 radical (unpaired) electrons. The number of nitriles is 1. The molecule has 1 aliphatic carbocycles. The van der Waals surface area contributed by atoms with Crippen LogP contribution in [0.4, 0.5) is 0 Å². The van der Waals surface area contributed by atoms with Gasteiger partial charge in [-0.25, -0.2) is 0 Å². The van der Waals surface area contributed by atoms with Crippen molar-refractivity contribution in [2.45, 2.75) is 57.4 Å². The van der Waals surface area contributed by atoms with Crippen molar-refractivity contribution in [2.24, 2.45) is 5.92 Å². The van der Waals surface area contributed by atoms with Crippen LogP contribution in [0.2, 0.25) is 0 Å². The molecule has 0 aliphatic heterocycles. The summed E-state index contributed by atoms with van der Waals surface area (Å²) in [6.07, 6.45) is 6.72. The maximum Gasteiger partial charge on any atom is 0.176 e. The molecule has 4 heteroatoms. The van der Waals surface area contributed by atoms with Crippen molar-refractivity contribution >= 4 is 0 Å². The SMILES string of the molecule is C=C(NC1CCC(c2ccc(C(CC)CN(C)C)cc2)C1)[C@H](C)CNC#N.[HH].[HH]. The van der Waals surface area contributed by atoms with E-state index in [0.717, 1.165) is 18.7 Å². The molecule has 0 bridgehead atoms. The normalized spacial score (nSPS) is 21.5. The van der Waals surface area contributed by atoms with E-state index in [4.69, 9.17) is 5.26 Å². The summed E-state index contributed by atoms with van der Waals surface area (Å²) < 4.78 is 0. The number of hydrogen-bond donors (Lipinski definition) is 2. The van der Waals surface area contributed by atoms with Crippen LogP contribution in [0.15, 0.2) is 36.5 Å². The molecule has 2 N–H and O–H groups in total. The summed E-state index contributed by atoms with van der Waals surface area (Å²) in [5, 5.41) is 15.0. The van der Waals surface area contributed by atoms with Crippen molar-refractivity contribution in [1.29, 1.82) is 5.26 Å². The van der Waals surface area contributed by atoms with Gasteiger partial charge in [-0.05, 0) is 62.7 Å². The van der Waals surface area contributed by atoms with Gasteiger partial charge < -0.3 is 15.5 Å². The van der Waals surface area contributed by atoms with E-state index < -0.39 is 0 Å². The van der Waals surface area contributed by atoms with E-state index in [1.165, 1.54) is 30.4 Å². The monoisotopic (exact) mass is 372 g/mol. The van der Waals surface area contributed by atoms with Crippen LogP contribution in [-0.2, 0) is 0 Å². The Labute approximate surface area is 168 Å². The Morgan fingerprint density at radius 2 is 2.04 bits per heavy atom. The molecule has 0 heterocycles. The number of benzene rings is 1. The van der Waals surface area contributed by atoms with E-state index in [-0.39, 0.29) is 8.77 Å². The predicted octanol–water partition coefficient (Wildman–Crippen LogP) is 4.68. The van der Waals surface area contributed by atoms with E-state index in [0.29, 0.717) is 24.4 Å². The smallest absolute Gasteiger partial charge is 0.176 e. The fourth-order valence-corrected chi connectivity index (χ4v) is 4.09. The van der Waals surface area contributed by atoms with E-state index in [2.05, 4.69) is 74.3 Å². The zero-order chi connectivity index (χ0) is 19.8. The maximum atomic E-state index is 8.64. The molecule has 1 aromatic carbocycles. The van der Waals surface area contributed by atoms with Gasteiger partial charge in [0, 0.05) is 33.6 Å². The maximum absolute atomic E-state index is 8.64. The fraction of sp³-hybridized carbons (Fsp3) is 0.609. The minimum Gasteiger partial charge on any atom is -0.386 e. The first-order valence-corrected chi connectivity index (χ1v) is 10.3. The van der Waals surface area contributed by atoms with Gasteiger partial charge in [0.1, 0.15) is 0 Å². The standard InChI is InChI=1S/C23H36N4.2H2/c1-6-19(15-27(4)5)20-7-9-21(10-8-20)22-11-12-23(13-22)26-18(3)17(2)14-25-16-24;;/h7-10,17,19,22-23,25-26H,3,6,11-15H2,1-2,4-5H3;2*1H/t17-,19?,22?,23?;;/m1../s1. The topological polar surface area (TPSA) is 51.1 Å². The molecular weight excluding hydrogens is 332 g/mol. The van der Waals surface area contributed by atoms with Crippen LogP contribution in [0.1, 0.15) is 65.3 Å². The molecule has 0 aromatic heterocycles. The van der Waals surface area contributed by atoms with E-state index in [9.17, 15) is 0 Å². The van der Waals surface area contributed by atoms with Gasteiger partial charge in [-0.15, -0.1) is 0 Å². The number of rotatable bonds is 10. The molecule has 1 fully saturated rings. The van der Waals surface area contributed by atoms with Crippen LogP contribution in [0.5, 0.6) is 0 Å². The minimum atomic E-state index is 0. The van der Waals surface area contributed by atoms with Gasteiger partial charge in [-0.3, -0.25) is 0 Å². The lowest BCUT2D eigenvalue weighted by atomic mass is 9.91. The van der Waals surface area contributed by atoms with Crippen LogP contribution >= 0.6 is 0 Å². The van der Waals surface area contributed by atoms with E-state index >= 15 is 0 Å². The third-order valence-corrected chi connectivity index (χ3v) is 5.86. The quantitative estimate of drug-likeness (QED) is 0.462. The number of likely N-dealkylation sites (N-methyl/N-ethyl adjacent to an activating group) is 1. The first-order valence-electron chi connectivity index (χ1n) is 10.3. The number of nitrogens with one attached hydrogen (secondary N) is 2. The molecule has 0 amide bonds. The lowest BCUT2D eigenvalue weighted by Crippen LogP contribution is -2.31. The Balaban J connectivity index is 0.00000392. The summed E-state index contributed by atoms with van der Waals surface area (Å²) in [4.78, 5) is 2.27. The second-order valence-electron chi connectivity index (χ2n) is 8.30. The summed E-state index contributed by atoms with van der Waals surface area (Å²) >= 11 is 0. The fourth-order valence-electron chi connectivity index (χ4n) is 4.09. The highest BCUT2D eigenvalue weighted by Gasteiger charge is 2.26. The molecule has 3 unspecified atom stereocenters. The first kappa shape index (κ1) is 21.3. The average molecular weight is 373 g/mol. The Bertz CT molecular complexity index is 639. The summed E-state index contributed by atoms with van der Waals surface area (Å²) in [6, 6.07) is 9.85. The Kier molecular flexibility index (Phi) is 8.19.